The average Bonchev–Trinajstić information content (AvgIpc) is 2.18. The summed E-state index contributed by atoms with van der Waals surface area (Å²) >= 11 is 0. The van der Waals surface area contributed by atoms with Crippen LogP contribution in [0.2, 0.25) is 0 Å². The molecule has 0 aliphatic carbocycles. The van der Waals surface area contributed by atoms with E-state index in [9.17, 15) is 14.8 Å². The number of phosphoric ester groups is 1. The van der Waals surface area contributed by atoms with E-state index in [2.05, 4.69) is 9.26 Å². The minimum Gasteiger partial charge on any atom is -0.391 e. The van der Waals surface area contributed by atoms with Gasteiger partial charge in [-0.25, -0.2) is 9.09 Å². The lowest BCUT2D eigenvalue weighted by atomic mass is 9.98. The molecule has 0 aromatic heterocycles. The van der Waals surface area contributed by atoms with E-state index in [4.69, 9.17) is 20.0 Å². The number of ether oxygens (including phenoxy) is 1. The highest BCUT2D eigenvalue weighted by Crippen LogP contribution is 2.44. The molecular formula is C6H13O9P. The molecule has 10 heteroatoms. The molecule has 96 valence electrons. The fourth-order valence-corrected chi connectivity index (χ4v) is 1.95. The van der Waals surface area contributed by atoms with Crippen molar-refractivity contribution in [1.82, 2.24) is 0 Å². The molecule has 4 atom stereocenters. The maximum Gasteiger partial charge on any atom is 0.472 e. The molecule has 0 radical (unpaired) electrons. The molecule has 0 amide bonds. The lowest BCUT2D eigenvalue weighted by Gasteiger charge is -2.43. The molecule has 1 fully saturated rings. The molecule has 1 aliphatic heterocycles. The maximum atomic E-state index is 10.6. The molecular weight excluding hydrogens is 247 g/mol. The Kier molecular flexibility index (Phi) is 4.06. The highest BCUT2D eigenvalue weighted by molar-refractivity contribution is 7.46. The van der Waals surface area contributed by atoms with Gasteiger partial charge >= 0.3 is 7.82 Å². The van der Waals surface area contributed by atoms with Crippen LogP contribution in [0.15, 0.2) is 0 Å². The van der Waals surface area contributed by atoms with Gasteiger partial charge in [-0.3, -0.25) is 0 Å². The minimum absolute atomic E-state index is 0.543. The highest BCUT2D eigenvalue weighted by atomic mass is 31.2. The monoisotopic (exact) mass is 260 g/mol. The number of phosphoric acid groups is 1. The van der Waals surface area contributed by atoms with Crippen molar-refractivity contribution in [3.8, 4) is 0 Å². The summed E-state index contributed by atoms with van der Waals surface area (Å²) in [6, 6.07) is 0. The molecule has 1 rings (SSSR count). The zero-order chi connectivity index (χ0) is 12.6. The van der Waals surface area contributed by atoms with E-state index >= 15 is 0 Å². The number of hydrogen-bond acceptors (Lipinski definition) is 7. The first-order chi connectivity index (χ1) is 7.22. The van der Waals surface area contributed by atoms with Crippen LogP contribution in [0.3, 0.4) is 0 Å². The first-order valence-electron chi connectivity index (χ1n) is 4.27. The smallest absolute Gasteiger partial charge is 0.391 e. The Balaban J connectivity index is 2.91. The first-order valence-corrected chi connectivity index (χ1v) is 5.80. The van der Waals surface area contributed by atoms with E-state index in [0.717, 1.165) is 0 Å². The molecule has 0 aromatic carbocycles. The van der Waals surface area contributed by atoms with Crippen molar-refractivity contribution in [2.24, 2.45) is 0 Å². The van der Waals surface area contributed by atoms with Crippen molar-refractivity contribution >= 4 is 7.82 Å². The van der Waals surface area contributed by atoms with Gasteiger partial charge in [0.15, 0.2) is 0 Å². The summed E-state index contributed by atoms with van der Waals surface area (Å²) in [7, 11) is -5.04. The molecule has 1 heterocycles. The maximum absolute atomic E-state index is 10.6. The molecule has 0 bridgehead atoms. The van der Waals surface area contributed by atoms with Crippen molar-refractivity contribution in [3.05, 3.63) is 0 Å². The van der Waals surface area contributed by atoms with E-state index in [1.807, 2.05) is 0 Å². The third kappa shape index (κ3) is 2.77. The van der Waals surface area contributed by atoms with Crippen molar-refractivity contribution in [2.75, 3.05) is 13.2 Å². The van der Waals surface area contributed by atoms with Crippen molar-refractivity contribution in [3.63, 3.8) is 0 Å². The standard InChI is InChI=1S/C6H13O9P/c7-2-6(15-16(11,12)13)5(10)4(9)3(8)1-14-6/h3-5,7-10H,1-2H2,(H2,11,12,13)/t3-,4+,5-,6+/m1/s1. The molecule has 16 heavy (non-hydrogen) atoms. The van der Waals surface area contributed by atoms with Crippen molar-refractivity contribution in [1.29, 1.82) is 0 Å². The van der Waals surface area contributed by atoms with E-state index in [1.54, 1.807) is 0 Å². The predicted molar refractivity (Wildman–Crippen MR) is 46.9 cm³/mol. The van der Waals surface area contributed by atoms with Crippen LogP contribution < -0.4 is 0 Å². The SMILES string of the molecule is O=P(O)(O)O[C@]1(CO)OC[C@@H](O)[C@H](O)[C@H]1O. The van der Waals surface area contributed by atoms with Gasteiger partial charge in [0.1, 0.15) is 24.9 Å². The molecule has 9 nitrogen and oxygen atoms in total. The normalized spacial score (nSPS) is 41.0. The molecule has 0 spiro atoms. The van der Waals surface area contributed by atoms with Gasteiger partial charge in [-0.2, -0.15) is 0 Å². The summed E-state index contributed by atoms with van der Waals surface area (Å²) in [6.07, 6.45) is -5.17. The molecule has 1 aliphatic rings. The summed E-state index contributed by atoms with van der Waals surface area (Å²) in [5.74, 6) is -2.45. The van der Waals surface area contributed by atoms with Gasteiger partial charge in [0.2, 0.25) is 5.79 Å². The molecule has 0 saturated carbocycles. The molecule has 0 aromatic rings. The van der Waals surface area contributed by atoms with Crippen LogP contribution in [0.4, 0.5) is 0 Å². The summed E-state index contributed by atoms with van der Waals surface area (Å²) in [6.45, 7) is -1.64. The predicted octanol–water partition coefficient (Wildman–Crippen LogP) is -3.10. The zero-order valence-electron chi connectivity index (χ0n) is 8.00. The fourth-order valence-electron chi connectivity index (χ4n) is 1.33. The Hall–Kier alpha value is -0.0900. The Morgan fingerprint density at radius 3 is 2.38 bits per heavy atom. The van der Waals surface area contributed by atoms with Gasteiger partial charge in [0.25, 0.3) is 0 Å². The van der Waals surface area contributed by atoms with Crippen molar-refractivity contribution < 1.29 is 44.0 Å². The van der Waals surface area contributed by atoms with Gasteiger partial charge in [-0.05, 0) is 0 Å². The highest BCUT2D eigenvalue weighted by Gasteiger charge is 2.53. The van der Waals surface area contributed by atoms with Crippen LogP contribution in [0, 0.1) is 0 Å². The van der Waals surface area contributed by atoms with Crippen LogP contribution in [-0.4, -0.2) is 67.5 Å². The number of hydrogen-bond donors (Lipinski definition) is 6. The van der Waals surface area contributed by atoms with Gasteiger partial charge in [-0.15, -0.1) is 0 Å². The van der Waals surface area contributed by atoms with E-state index < -0.39 is 45.1 Å². The Labute approximate surface area is 90.1 Å². The van der Waals surface area contributed by atoms with Gasteiger partial charge < -0.3 is 34.9 Å². The third-order valence-corrected chi connectivity index (χ3v) is 2.71. The molecule has 1 saturated heterocycles. The topological polar surface area (TPSA) is 157 Å². The van der Waals surface area contributed by atoms with E-state index in [1.165, 1.54) is 0 Å². The molecule has 6 N–H and O–H groups in total. The quantitative estimate of drug-likeness (QED) is 0.289. The Morgan fingerprint density at radius 1 is 1.38 bits per heavy atom. The average molecular weight is 260 g/mol. The van der Waals surface area contributed by atoms with Crippen LogP contribution in [0.25, 0.3) is 0 Å². The minimum atomic E-state index is -5.04. The fraction of sp³-hybridized carbons (Fsp3) is 1.00. The van der Waals surface area contributed by atoms with E-state index in [-0.39, 0.29) is 0 Å². The van der Waals surface area contributed by atoms with Crippen LogP contribution in [0.5, 0.6) is 0 Å². The number of rotatable bonds is 3. The Bertz CT molecular complexity index is 290. The zero-order valence-corrected chi connectivity index (χ0v) is 8.90. The third-order valence-electron chi connectivity index (χ3n) is 2.16. The van der Waals surface area contributed by atoms with Gasteiger partial charge in [-0.1, -0.05) is 0 Å². The summed E-state index contributed by atoms with van der Waals surface area (Å²) in [5.41, 5.74) is 0. The van der Waals surface area contributed by atoms with Crippen LogP contribution in [0.1, 0.15) is 0 Å². The first kappa shape index (κ1) is 14.0. The van der Waals surface area contributed by atoms with Gasteiger partial charge in [0.05, 0.1) is 6.61 Å². The summed E-state index contributed by atoms with van der Waals surface area (Å²) < 4.78 is 19.4. The Morgan fingerprint density at radius 2 is 1.94 bits per heavy atom. The second-order valence-electron chi connectivity index (χ2n) is 3.37. The van der Waals surface area contributed by atoms with Gasteiger partial charge in [0, 0.05) is 0 Å². The molecule has 0 unspecified atom stereocenters. The lowest BCUT2D eigenvalue weighted by Crippen LogP contribution is -2.63. The number of aliphatic hydroxyl groups is 4. The van der Waals surface area contributed by atoms with Crippen LogP contribution >= 0.6 is 7.82 Å². The summed E-state index contributed by atoms with van der Waals surface area (Å²) in [4.78, 5) is 17.2. The summed E-state index contributed by atoms with van der Waals surface area (Å²) in [5, 5.41) is 36.8. The van der Waals surface area contributed by atoms with Crippen LogP contribution in [-0.2, 0) is 13.8 Å². The lowest BCUT2D eigenvalue weighted by molar-refractivity contribution is -0.322. The van der Waals surface area contributed by atoms with E-state index in [0.29, 0.717) is 0 Å². The van der Waals surface area contributed by atoms with Crippen molar-refractivity contribution in [2.45, 2.75) is 24.1 Å². The second-order valence-corrected chi connectivity index (χ2v) is 4.53. The second kappa shape index (κ2) is 4.65. The largest absolute Gasteiger partial charge is 0.472 e. The number of aliphatic hydroxyl groups excluding tert-OH is 4.